The van der Waals surface area contributed by atoms with Crippen molar-refractivity contribution in [3.8, 4) is 5.75 Å². The minimum Gasteiger partial charge on any atom is -0.494 e. The van der Waals surface area contributed by atoms with Gasteiger partial charge in [0.1, 0.15) is 11.3 Å². The minimum atomic E-state index is -0.357. The molecule has 2 aromatic carbocycles. The Morgan fingerprint density at radius 3 is 2.44 bits per heavy atom. The summed E-state index contributed by atoms with van der Waals surface area (Å²) < 4.78 is 6.18. The van der Waals surface area contributed by atoms with Crippen molar-refractivity contribution in [1.29, 1.82) is 0 Å². The molecular weight excluding hydrogens is 364 g/mol. The third kappa shape index (κ3) is 4.53. The number of hydrogen-bond acceptors (Lipinski definition) is 5. The number of ether oxygens (including phenoxy) is 1. The lowest BCUT2D eigenvalue weighted by Crippen LogP contribution is -2.19. The predicted octanol–water partition coefficient (Wildman–Crippen LogP) is 4.61. The molecule has 140 valence electrons. The highest BCUT2D eigenvalue weighted by molar-refractivity contribution is 7.22. The van der Waals surface area contributed by atoms with Gasteiger partial charge in [-0.25, -0.2) is 9.78 Å². The molecule has 7 nitrogen and oxygen atoms in total. The van der Waals surface area contributed by atoms with E-state index >= 15 is 0 Å². The molecule has 0 fully saturated rings. The molecule has 3 aromatic rings. The lowest BCUT2D eigenvalue weighted by atomic mass is 10.2. The summed E-state index contributed by atoms with van der Waals surface area (Å²) in [5, 5.41) is 8.82. The zero-order valence-electron chi connectivity index (χ0n) is 15.3. The first kappa shape index (κ1) is 18.7. The Balaban J connectivity index is 1.80. The van der Waals surface area contributed by atoms with Gasteiger partial charge in [0.05, 0.1) is 11.8 Å². The van der Waals surface area contributed by atoms with Crippen LogP contribution in [-0.4, -0.2) is 24.0 Å². The van der Waals surface area contributed by atoms with E-state index in [1.807, 2.05) is 31.2 Å². The third-order valence-electron chi connectivity index (χ3n) is 3.81. The van der Waals surface area contributed by atoms with Crippen molar-refractivity contribution >= 4 is 50.0 Å². The van der Waals surface area contributed by atoms with Crippen molar-refractivity contribution < 1.29 is 14.3 Å². The van der Waals surface area contributed by atoms with E-state index in [-0.39, 0.29) is 11.9 Å². The molecule has 3 N–H and O–H groups in total. The number of rotatable bonds is 5. The van der Waals surface area contributed by atoms with Crippen molar-refractivity contribution in [3.63, 3.8) is 0 Å². The Morgan fingerprint density at radius 2 is 1.78 bits per heavy atom. The average Bonchev–Trinajstić information content (AvgIpc) is 3.04. The highest BCUT2D eigenvalue weighted by Crippen LogP contribution is 2.35. The first-order valence-corrected chi connectivity index (χ1v) is 9.23. The van der Waals surface area contributed by atoms with Gasteiger partial charge in [0.15, 0.2) is 5.13 Å². The fraction of sp³-hybridized carbons (Fsp3) is 0.211. The van der Waals surface area contributed by atoms with Crippen LogP contribution in [0, 0.1) is 6.92 Å². The number of hydrogen-bond donors (Lipinski definition) is 3. The van der Waals surface area contributed by atoms with Gasteiger partial charge < -0.3 is 20.7 Å². The maximum Gasteiger partial charge on any atom is 0.323 e. The van der Waals surface area contributed by atoms with Crippen molar-refractivity contribution in [2.75, 3.05) is 23.1 Å². The van der Waals surface area contributed by atoms with E-state index in [4.69, 9.17) is 4.74 Å². The molecule has 0 saturated heterocycles. The number of amides is 3. The van der Waals surface area contributed by atoms with Crippen molar-refractivity contribution in [3.05, 3.63) is 42.0 Å². The number of nitrogens with zero attached hydrogens (tertiary/aromatic N) is 1. The van der Waals surface area contributed by atoms with Crippen molar-refractivity contribution in [2.45, 2.75) is 20.3 Å². The van der Waals surface area contributed by atoms with Gasteiger partial charge in [0, 0.05) is 23.9 Å². The number of fused-ring (bicyclic) bond motifs is 1. The van der Waals surface area contributed by atoms with Crippen molar-refractivity contribution in [1.82, 2.24) is 4.98 Å². The highest BCUT2D eigenvalue weighted by atomic mass is 32.1. The standard InChI is InChI=1S/C19H20N4O3S/c1-4-16(24)22-19-23-17-14(26-3)9-13(10-15(17)27-19)21-18(25)20-12-7-5-11(2)6-8-12/h5-10H,4H2,1-3H3,(H2,20,21,25)(H,22,23,24). The second-order valence-corrected chi connectivity index (χ2v) is 6.92. The van der Waals surface area contributed by atoms with Gasteiger partial charge in [0.25, 0.3) is 0 Å². The molecule has 0 aliphatic rings. The Kier molecular flexibility index (Phi) is 5.56. The molecule has 0 unspecified atom stereocenters. The largest absolute Gasteiger partial charge is 0.494 e. The summed E-state index contributed by atoms with van der Waals surface area (Å²) in [6.07, 6.45) is 0.374. The van der Waals surface area contributed by atoms with Crippen LogP contribution in [0.3, 0.4) is 0 Å². The molecule has 0 radical (unpaired) electrons. The van der Waals surface area contributed by atoms with Crippen LogP contribution in [0.1, 0.15) is 18.9 Å². The van der Waals surface area contributed by atoms with Crippen LogP contribution in [0.5, 0.6) is 5.75 Å². The fourth-order valence-corrected chi connectivity index (χ4v) is 3.36. The van der Waals surface area contributed by atoms with Gasteiger partial charge in [-0.2, -0.15) is 0 Å². The number of carbonyl (C=O) groups excluding carboxylic acids is 2. The van der Waals surface area contributed by atoms with E-state index in [0.717, 1.165) is 10.3 Å². The van der Waals surface area contributed by atoms with Crippen LogP contribution in [0.15, 0.2) is 36.4 Å². The Morgan fingerprint density at radius 1 is 1.07 bits per heavy atom. The van der Waals surface area contributed by atoms with Gasteiger partial charge in [0.2, 0.25) is 5.91 Å². The van der Waals surface area contributed by atoms with Gasteiger partial charge in [-0.1, -0.05) is 36.0 Å². The van der Waals surface area contributed by atoms with E-state index in [2.05, 4.69) is 20.9 Å². The van der Waals surface area contributed by atoms with Crippen molar-refractivity contribution in [2.24, 2.45) is 0 Å². The van der Waals surface area contributed by atoms with Crippen LogP contribution in [0.4, 0.5) is 21.3 Å². The van der Waals surface area contributed by atoms with Crippen LogP contribution in [-0.2, 0) is 4.79 Å². The Bertz CT molecular complexity index is 983. The maximum absolute atomic E-state index is 12.3. The molecule has 0 aliphatic heterocycles. The first-order chi connectivity index (χ1) is 13.0. The minimum absolute atomic E-state index is 0.108. The molecule has 0 aliphatic carbocycles. The van der Waals surface area contributed by atoms with Crippen LogP contribution in [0.25, 0.3) is 10.2 Å². The summed E-state index contributed by atoms with van der Waals surface area (Å²) in [6, 6.07) is 10.7. The average molecular weight is 384 g/mol. The number of anilines is 3. The molecule has 1 heterocycles. The highest BCUT2D eigenvalue weighted by Gasteiger charge is 2.13. The van der Waals surface area contributed by atoms with Gasteiger partial charge in [-0.05, 0) is 25.1 Å². The van der Waals surface area contributed by atoms with Gasteiger partial charge in [-0.3, -0.25) is 4.79 Å². The molecule has 0 bridgehead atoms. The Labute approximate surface area is 160 Å². The van der Waals surface area contributed by atoms with Gasteiger partial charge in [-0.15, -0.1) is 0 Å². The normalized spacial score (nSPS) is 10.5. The fourth-order valence-electron chi connectivity index (χ4n) is 2.42. The van der Waals surface area contributed by atoms with E-state index in [1.54, 1.807) is 19.1 Å². The number of aromatic nitrogens is 1. The molecule has 3 amide bonds. The third-order valence-corrected chi connectivity index (χ3v) is 4.73. The van der Waals surface area contributed by atoms with E-state index in [0.29, 0.717) is 34.2 Å². The predicted molar refractivity (Wildman–Crippen MR) is 109 cm³/mol. The quantitative estimate of drug-likeness (QED) is 0.599. The zero-order chi connectivity index (χ0) is 19.4. The number of nitrogens with one attached hydrogen (secondary N) is 3. The summed E-state index contributed by atoms with van der Waals surface area (Å²) >= 11 is 1.32. The summed E-state index contributed by atoms with van der Waals surface area (Å²) in [5.74, 6) is 0.412. The molecule has 0 saturated carbocycles. The van der Waals surface area contributed by atoms with Gasteiger partial charge >= 0.3 is 6.03 Å². The molecule has 0 atom stereocenters. The lowest BCUT2D eigenvalue weighted by Gasteiger charge is -2.09. The second-order valence-electron chi connectivity index (χ2n) is 5.89. The number of aryl methyl sites for hydroxylation is 1. The van der Waals surface area contributed by atoms with Crippen LogP contribution < -0.4 is 20.7 Å². The number of benzene rings is 2. The SMILES string of the molecule is CCC(=O)Nc1nc2c(OC)cc(NC(=O)Nc3ccc(C)cc3)cc2s1. The molecular formula is C19H20N4O3S. The summed E-state index contributed by atoms with van der Waals surface area (Å²) in [5.41, 5.74) is 3.03. The number of methoxy groups -OCH3 is 1. The smallest absolute Gasteiger partial charge is 0.323 e. The molecule has 3 rings (SSSR count). The topological polar surface area (TPSA) is 92.3 Å². The van der Waals surface area contributed by atoms with Crippen LogP contribution >= 0.6 is 11.3 Å². The van der Waals surface area contributed by atoms with E-state index in [1.165, 1.54) is 18.4 Å². The van der Waals surface area contributed by atoms with Crippen LogP contribution in [0.2, 0.25) is 0 Å². The number of carbonyl (C=O) groups is 2. The maximum atomic E-state index is 12.3. The monoisotopic (exact) mass is 384 g/mol. The Hall–Kier alpha value is -3.13. The molecule has 0 spiro atoms. The molecule has 1 aromatic heterocycles. The summed E-state index contributed by atoms with van der Waals surface area (Å²) in [6.45, 7) is 3.76. The van der Waals surface area contributed by atoms with E-state index < -0.39 is 0 Å². The zero-order valence-corrected chi connectivity index (χ0v) is 16.1. The number of urea groups is 1. The van der Waals surface area contributed by atoms with E-state index in [9.17, 15) is 9.59 Å². The molecule has 8 heteroatoms. The second kappa shape index (κ2) is 8.05. The summed E-state index contributed by atoms with van der Waals surface area (Å²) in [4.78, 5) is 28.2. The summed E-state index contributed by atoms with van der Waals surface area (Å²) in [7, 11) is 1.54. The number of thiazole rings is 1. The molecule has 27 heavy (non-hydrogen) atoms. The first-order valence-electron chi connectivity index (χ1n) is 8.41. The lowest BCUT2D eigenvalue weighted by molar-refractivity contribution is -0.115.